The van der Waals surface area contributed by atoms with Crippen molar-refractivity contribution < 1.29 is 8.42 Å². The van der Waals surface area contributed by atoms with Crippen LogP contribution in [-0.4, -0.2) is 17.8 Å². The van der Waals surface area contributed by atoms with E-state index < -0.39 is 9.84 Å². The zero-order chi connectivity index (χ0) is 26.1. The fraction of sp³-hybridized carbons (Fsp3) is 0.0606. The number of rotatable bonds is 2. The Morgan fingerprint density at radius 2 is 1.62 bits per heavy atom. The van der Waals surface area contributed by atoms with Gasteiger partial charge in [-0.25, -0.2) is 13.4 Å². The van der Waals surface area contributed by atoms with E-state index in [1.165, 1.54) is 0 Å². The molecular weight excluding hydrogens is 502 g/mol. The highest BCUT2D eigenvalue weighted by Gasteiger charge is 2.35. The minimum absolute atomic E-state index is 0.312. The maximum Gasteiger partial charge on any atom is 0.210 e. The Bertz CT molecular complexity index is 2160. The van der Waals surface area contributed by atoms with Crippen molar-refractivity contribution >= 4 is 59.9 Å². The highest BCUT2D eigenvalue weighted by atomic mass is 32.2. The van der Waals surface area contributed by atoms with Gasteiger partial charge in [0.1, 0.15) is 5.65 Å². The van der Waals surface area contributed by atoms with Crippen molar-refractivity contribution in [2.24, 2.45) is 0 Å². The first-order valence-electron chi connectivity index (χ1n) is 13.0. The van der Waals surface area contributed by atoms with Crippen molar-refractivity contribution in [2.45, 2.75) is 22.6 Å². The molecule has 0 fully saturated rings. The smallest absolute Gasteiger partial charge is 0.210 e. The zero-order valence-corrected chi connectivity index (χ0v) is 21.8. The van der Waals surface area contributed by atoms with Crippen LogP contribution < -0.4 is 4.90 Å². The van der Waals surface area contributed by atoms with E-state index in [-0.39, 0.29) is 0 Å². The first-order chi connectivity index (χ1) is 19.1. The van der Waals surface area contributed by atoms with Gasteiger partial charge in [-0.2, -0.15) is 0 Å². The van der Waals surface area contributed by atoms with Gasteiger partial charge in [-0.15, -0.1) is 0 Å². The van der Waals surface area contributed by atoms with Crippen LogP contribution in [0.25, 0.3) is 33.0 Å². The molecule has 0 unspecified atom stereocenters. The van der Waals surface area contributed by atoms with Gasteiger partial charge in [-0.3, -0.25) is 4.40 Å². The van der Waals surface area contributed by atoms with Crippen LogP contribution in [0.15, 0.2) is 125 Å². The number of imidazole rings is 1. The largest absolute Gasteiger partial charge is 0.308 e. The van der Waals surface area contributed by atoms with Gasteiger partial charge in [0.2, 0.25) is 9.84 Å². The maximum absolute atomic E-state index is 13.9. The Hall–Kier alpha value is -4.68. The second kappa shape index (κ2) is 8.16. The van der Waals surface area contributed by atoms with Crippen molar-refractivity contribution in [1.82, 2.24) is 9.38 Å². The summed E-state index contributed by atoms with van der Waals surface area (Å²) < 4.78 is 29.9. The lowest BCUT2D eigenvalue weighted by Crippen LogP contribution is -2.22. The number of para-hydroxylation sites is 1. The second-order valence-corrected chi connectivity index (χ2v) is 11.9. The highest BCUT2D eigenvalue weighted by Crippen LogP contribution is 2.49. The Balaban J connectivity index is 1.37. The molecule has 2 aromatic heterocycles. The number of pyridine rings is 1. The number of fused-ring (bicyclic) bond motifs is 7. The summed E-state index contributed by atoms with van der Waals surface area (Å²) in [4.78, 5) is 7.63. The van der Waals surface area contributed by atoms with Gasteiger partial charge in [0.15, 0.2) is 0 Å². The van der Waals surface area contributed by atoms with E-state index in [4.69, 9.17) is 4.98 Å². The minimum Gasteiger partial charge on any atom is -0.308 e. The second-order valence-electron chi connectivity index (χ2n) is 10.0. The Morgan fingerprint density at radius 3 is 2.51 bits per heavy atom. The third-order valence-corrected chi connectivity index (χ3v) is 9.58. The third kappa shape index (κ3) is 3.25. The van der Waals surface area contributed by atoms with Crippen LogP contribution in [0.5, 0.6) is 0 Å². The zero-order valence-electron chi connectivity index (χ0n) is 21.0. The number of hydrogen-bond donors (Lipinski definition) is 0. The van der Waals surface area contributed by atoms with Crippen LogP contribution in [-0.2, 0) is 9.84 Å². The molecule has 0 spiro atoms. The van der Waals surface area contributed by atoms with E-state index in [1.54, 1.807) is 12.1 Å². The highest BCUT2D eigenvalue weighted by molar-refractivity contribution is 7.92. The fourth-order valence-electron chi connectivity index (χ4n) is 5.88. The Labute approximate surface area is 225 Å². The predicted molar refractivity (Wildman–Crippen MR) is 157 cm³/mol. The molecule has 1 aliphatic heterocycles. The Morgan fingerprint density at radius 1 is 0.769 bits per heavy atom. The van der Waals surface area contributed by atoms with Crippen molar-refractivity contribution in [2.75, 3.05) is 4.90 Å². The molecule has 0 amide bonds. The van der Waals surface area contributed by atoms with Crippen LogP contribution in [0.1, 0.15) is 18.4 Å². The molecule has 0 saturated heterocycles. The Kier molecular flexibility index (Phi) is 4.67. The number of aromatic nitrogens is 2. The average molecular weight is 526 g/mol. The predicted octanol–water partition coefficient (Wildman–Crippen LogP) is 7.99. The molecule has 39 heavy (non-hydrogen) atoms. The van der Waals surface area contributed by atoms with Crippen molar-refractivity contribution in [3.63, 3.8) is 0 Å². The van der Waals surface area contributed by atoms with Gasteiger partial charge in [0.25, 0.3) is 0 Å². The van der Waals surface area contributed by atoms with Gasteiger partial charge >= 0.3 is 0 Å². The SMILES string of the molecule is O=S1(=O)c2ccccc2N(c2ccc3nc4c5ccccc5ccn4c3c2)c2ccc(C3=CCCC=C3)cc21. The molecule has 1 aliphatic carbocycles. The summed E-state index contributed by atoms with van der Waals surface area (Å²) in [5, 5.41) is 2.24. The van der Waals surface area contributed by atoms with Gasteiger partial charge in [-0.05, 0) is 77.9 Å². The fourth-order valence-corrected chi connectivity index (χ4v) is 7.52. The van der Waals surface area contributed by atoms with Gasteiger partial charge in [0, 0.05) is 17.3 Å². The number of allylic oxidation sites excluding steroid dienone is 4. The van der Waals surface area contributed by atoms with E-state index in [0.29, 0.717) is 21.2 Å². The van der Waals surface area contributed by atoms with Crippen molar-refractivity contribution in [3.05, 3.63) is 121 Å². The van der Waals surface area contributed by atoms with Crippen molar-refractivity contribution in [3.8, 4) is 0 Å². The third-order valence-electron chi connectivity index (χ3n) is 7.75. The van der Waals surface area contributed by atoms with E-state index >= 15 is 0 Å². The van der Waals surface area contributed by atoms with E-state index in [2.05, 4.69) is 58.0 Å². The number of sulfone groups is 1. The lowest BCUT2D eigenvalue weighted by Gasteiger charge is -2.33. The molecule has 0 atom stereocenters. The molecule has 0 saturated carbocycles. The number of hydrogen-bond acceptors (Lipinski definition) is 4. The lowest BCUT2D eigenvalue weighted by molar-refractivity contribution is 0.595. The van der Waals surface area contributed by atoms with Gasteiger partial charge < -0.3 is 4.90 Å². The summed E-state index contributed by atoms with van der Waals surface area (Å²) in [6.07, 6.45) is 10.4. The quantitative estimate of drug-likeness (QED) is 0.230. The van der Waals surface area contributed by atoms with Crippen molar-refractivity contribution in [1.29, 1.82) is 0 Å². The summed E-state index contributed by atoms with van der Waals surface area (Å²) in [6.45, 7) is 0. The van der Waals surface area contributed by atoms with Crippen LogP contribution in [0.2, 0.25) is 0 Å². The van der Waals surface area contributed by atoms with Crippen LogP contribution in [0.3, 0.4) is 0 Å². The summed E-state index contributed by atoms with van der Waals surface area (Å²) in [6, 6.07) is 29.5. The van der Waals surface area contributed by atoms with Gasteiger partial charge in [-0.1, -0.05) is 60.7 Å². The number of anilines is 3. The molecule has 2 aliphatic rings. The molecule has 0 bridgehead atoms. The lowest BCUT2D eigenvalue weighted by atomic mass is 9.99. The summed E-state index contributed by atoms with van der Waals surface area (Å²) in [7, 11) is -3.70. The molecule has 188 valence electrons. The molecule has 6 heteroatoms. The van der Waals surface area contributed by atoms with E-state index in [1.807, 2.05) is 54.6 Å². The van der Waals surface area contributed by atoms with E-state index in [0.717, 1.165) is 57.1 Å². The summed E-state index contributed by atoms with van der Waals surface area (Å²) in [5.41, 5.74) is 6.91. The molecule has 0 radical (unpaired) electrons. The van der Waals surface area contributed by atoms with Crippen LogP contribution in [0.4, 0.5) is 17.1 Å². The van der Waals surface area contributed by atoms with E-state index in [9.17, 15) is 8.42 Å². The molecule has 8 rings (SSSR count). The molecule has 6 aromatic rings. The number of nitrogens with zero attached hydrogens (tertiary/aromatic N) is 3. The molecule has 4 aromatic carbocycles. The summed E-state index contributed by atoms with van der Waals surface area (Å²) in [5.74, 6) is 0. The maximum atomic E-state index is 13.9. The normalized spacial score (nSPS) is 15.9. The first-order valence-corrected chi connectivity index (χ1v) is 14.5. The molecule has 3 heterocycles. The molecule has 0 N–H and O–H groups in total. The standard InChI is InChI=1S/C33H23N3O2S/c37-39(38)31-13-7-6-12-28(31)36(29-17-14-24(20-32(29)39)22-8-2-1-3-9-22)25-15-16-27-30(21-25)35-19-18-23-10-4-5-11-26(23)33(35)34-27/h2,4-21H,1,3H2. The van der Waals surface area contributed by atoms with Crippen LogP contribution in [0, 0.1) is 0 Å². The molecule has 5 nitrogen and oxygen atoms in total. The van der Waals surface area contributed by atoms with Crippen LogP contribution >= 0.6 is 0 Å². The average Bonchev–Trinajstić information content (AvgIpc) is 3.36. The van der Waals surface area contributed by atoms with Gasteiger partial charge in [0.05, 0.1) is 32.2 Å². The minimum atomic E-state index is -3.70. The number of benzene rings is 4. The first kappa shape index (κ1) is 22.3. The monoisotopic (exact) mass is 525 g/mol. The topological polar surface area (TPSA) is 54.7 Å². The summed E-state index contributed by atoms with van der Waals surface area (Å²) >= 11 is 0. The molecular formula is C33H23N3O2S.